The van der Waals surface area contributed by atoms with Crippen LogP contribution < -0.4 is 5.32 Å². The normalized spacial score (nSPS) is 33.1. The zero-order valence-corrected chi connectivity index (χ0v) is 9.73. The molecule has 14 heavy (non-hydrogen) atoms. The molecule has 0 amide bonds. The predicted molar refractivity (Wildman–Crippen MR) is 60.5 cm³/mol. The number of thiazole rings is 1. The Hall–Kier alpha value is -0.410. The van der Waals surface area contributed by atoms with Gasteiger partial charge in [-0.2, -0.15) is 0 Å². The minimum absolute atomic E-state index is 0.172. The van der Waals surface area contributed by atoms with E-state index in [0.717, 1.165) is 5.92 Å². The van der Waals surface area contributed by atoms with Crippen LogP contribution in [0.3, 0.4) is 0 Å². The number of hydrogen-bond acceptors (Lipinski definition) is 3. The predicted octanol–water partition coefficient (Wildman–Crippen LogP) is 2.77. The molecule has 0 saturated heterocycles. The zero-order valence-electron chi connectivity index (χ0n) is 8.92. The summed E-state index contributed by atoms with van der Waals surface area (Å²) in [6, 6.07) is 0. The third-order valence-corrected chi connectivity index (χ3v) is 4.29. The Bertz CT molecular complexity index is 283. The van der Waals surface area contributed by atoms with E-state index in [9.17, 15) is 0 Å². The molecule has 3 heteroatoms. The number of aromatic nitrogens is 1. The fourth-order valence-electron chi connectivity index (χ4n) is 2.54. The number of nitrogens with one attached hydrogen (secondary N) is 1. The molecule has 1 saturated carbocycles. The Labute approximate surface area is 89.8 Å². The van der Waals surface area contributed by atoms with Gasteiger partial charge in [0.05, 0.1) is 5.54 Å². The van der Waals surface area contributed by atoms with E-state index in [4.69, 9.17) is 0 Å². The standard InChI is InChI=1S/C11H18N2S/c1-9-4-3-5-11(8-9,12-2)10-13-6-7-14-10/h6-7,9,12H,3-5,8H2,1-2H3. The maximum atomic E-state index is 4.47. The quantitative estimate of drug-likeness (QED) is 0.812. The molecule has 2 nitrogen and oxygen atoms in total. The smallest absolute Gasteiger partial charge is 0.113 e. The van der Waals surface area contributed by atoms with Crippen molar-refractivity contribution >= 4 is 11.3 Å². The van der Waals surface area contributed by atoms with Crippen molar-refractivity contribution in [1.29, 1.82) is 0 Å². The highest BCUT2D eigenvalue weighted by molar-refractivity contribution is 7.09. The Kier molecular flexibility index (Phi) is 2.88. The van der Waals surface area contributed by atoms with Gasteiger partial charge in [0.25, 0.3) is 0 Å². The van der Waals surface area contributed by atoms with Crippen LogP contribution in [0.2, 0.25) is 0 Å². The van der Waals surface area contributed by atoms with E-state index in [1.807, 2.05) is 6.20 Å². The van der Waals surface area contributed by atoms with Crippen LogP contribution in [-0.2, 0) is 5.54 Å². The molecule has 1 aromatic rings. The van der Waals surface area contributed by atoms with E-state index in [1.165, 1.54) is 30.7 Å². The summed E-state index contributed by atoms with van der Waals surface area (Å²) >= 11 is 1.78. The fourth-order valence-corrected chi connectivity index (χ4v) is 3.42. The zero-order chi connectivity index (χ0) is 10.0. The molecule has 1 aromatic heterocycles. The molecule has 78 valence electrons. The van der Waals surface area contributed by atoms with Gasteiger partial charge in [-0.3, -0.25) is 0 Å². The first-order valence-corrected chi connectivity index (χ1v) is 6.24. The summed E-state index contributed by atoms with van der Waals surface area (Å²) in [4.78, 5) is 4.47. The van der Waals surface area contributed by atoms with Crippen LogP contribution in [0.5, 0.6) is 0 Å². The molecule has 2 unspecified atom stereocenters. The first-order chi connectivity index (χ1) is 6.77. The van der Waals surface area contributed by atoms with Gasteiger partial charge in [0.1, 0.15) is 5.01 Å². The Morgan fingerprint density at radius 1 is 1.64 bits per heavy atom. The average molecular weight is 210 g/mol. The molecular formula is C11H18N2S. The highest BCUT2D eigenvalue weighted by Gasteiger charge is 2.36. The first kappa shape index (κ1) is 10.1. The average Bonchev–Trinajstić information content (AvgIpc) is 2.71. The van der Waals surface area contributed by atoms with Gasteiger partial charge in [-0.15, -0.1) is 11.3 Å². The van der Waals surface area contributed by atoms with E-state index < -0.39 is 0 Å². The van der Waals surface area contributed by atoms with E-state index in [2.05, 4.69) is 29.7 Å². The Balaban J connectivity index is 2.25. The molecular weight excluding hydrogens is 192 g/mol. The molecule has 1 heterocycles. The minimum Gasteiger partial charge on any atom is -0.308 e. The highest BCUT2D eigenvalue weighted by Crippen LogP contribution is 2.40. The molecule has 2 atom stereocenters. The second kappa shape index (κ2) is 3.99. The molecule has 0 aliphatic heterocycles. The van der Waals surface area contributed by atoms with Crippen molar-refractivity contribution < 1.29 is 0 Å². The molecule has 0 bridgehead atoms. The summed E-state index contributed by atoms with van der Waals surface area (Å²) in [6.07, 6.45) is 7.08. The van der Waals surface area contributed by atoms with Crippen molar-refractivity contribution in [2.24, 2.45) is 5.92 Å². The van der Waals surface area contributed by atoms with Crippen LogP contribution in [-0.4, -0.2) is 12.0 Å². The second-order valence-electron chi connectivity index (χ2n) is 4.37. The lowest BCUT2D eigenvalue weighted by Crippen LogP contribution is -2.43. The van der Waals surface area contributed by atoms with Gasteiger partial charge in [0.2, 0.25) is 0 Å². The van der Waals surface area contributed by atoms with Gasteiger partial charge >= 0.3 is 0 Å². The van der Waals surface area contributed by atoms with Crippen molar-refractivity contribution in [3.05, 3.63) is 16.6 Å². The molecule has 1 aliphatic carbocycles. The molecule has 0 spiro atoms. The van der Waals surface area contributed by atoms with Crippen molar-refractivity contribution in [3.63, 3.8) is 0 Å². The lowest BCUT2D eigenvalue weighted by molar-refractivity contribution is 0.199. The maximum absolute atomic E-state index is 4.47. The molecule has 0 aromatic carbocycles. The van der Waals surface area contributed by atoms with Gasteiger partial charge in [-0.1, -0.05) is 19.8 Å². The summed E-state index contributed by atoms with van der Waals surface area (Å²) in [6.45, 7) is 2.35. The Morgan fingerprint density at radius 3 is 3.07 bits per heavy atom. The van der Waals surface area contributed by atoms with Gasteiger partial charge in [0.15, 0.2) is 0 Å². The van der Waals surface area contributed by atoms with Crippen LogP contribution >= 0.6 is 11.3 Å². The number of hydrogen-bond donors (Lipinski definition) is 1. The summed E-state index contributed by atoms with van der Waals surface area (Å²) < 4.78 is 0. The molecule has 1 N–H and O–H groups in total. The number of rotatable bonds is 2. The fraction of sp³-hybridized carbons (Fsp3) is 0.727. The van der Waals surface area contributed by atoms with E-state index in [-0.39, 0.29) is 5.54 Å². The van der Waals surface area contributed by atoms with Crippen molar-refractivity contribution in [3.8, 4) is 0 Å². The third kappa shape index (κ3) is 1.71. The number of nitrogens with zero attached hydrogens (tertiary/aromatic N) is 1. The molecule has 0 radical (unpaired) electrons. The van der Waals surface area contributed by atoms with Crippen molar-refractivity contribution in [2.45, 2.75) is 38.1 Å². The van der Waals surface area contributed by atoms with Crippen LogP contribution in [0.15, 0.2) is 11.6 Å². The van der Waals surface area contributed by atoms with Crippen molar-refractivity contribution in [1.82, 2.24) is 10.3 Å². The van der Waals surface area contributed by atoms with E-state index >= 15 is 0 Å². The van der Waals surface area contributed by atoms with Crippen molar-refractivity contribution in [2.75, 3.05) is 7.05 Å². The van der Waals surface area contributed by atoms with Crippen LogP contribution in [0.1, 0.15) is 37.6 Å². The molecule has 1 aliphatic rings. The third-order valence-electron chi connectivity index (χ3n) is 3.32. The van der Waals surface area contributed by atoms with Crippen LogP contribution in [0, 0.1) is 5.92 Å². The second-order valence-corrected chi connectivity index (χ2v) is 5.27. The largest absolute Gasteiger partial charge is 0.308 e. The SMILES string of the molecule is CNC1(c2nccs2)CCCC(C)C1. The maximum Gasteiger partial charge on any atom is 0.113 e. The van der Waals surface area contributed by atoms with E-state index in [1.54, 1.807) is 11.3 Å². The summed E-state index contributed by atoms with van der Waals surface area (Å²) in [5.74, 6) is 0.820. The topological polar surface area (TPSA) is 24.9 Å². The monoisotopic (exact) mass is 210 g/mol. The Morgan fingerprint density at radius 2 is 2.50 bits per heavy atom. The molecule has 2 rings (SSSR count). The van der Waals surface area contributed by atoms with Gasteiger partial charge in [-0.25, -0.2) is 4.98 Å². The van der Waals surface area contributed by atoms with E-state index in [0.29, 0.717) is 0 Å². The summed E-state index contributed by atoms with van der Waals surface area (Å²) in [7, 11) is 2.07. The molecule has 1 fully saturated rings. The summed E-state index contributed by atoms with van der Waals surface area (Å²) in [5, 5.41) is 6.85. The first-order valence-electron chi connectivity index (χ1n) is 5.36. The minimum atomic E-state index is 0.172. The summed E-state index contributed by atoms with van der Waals surface area (Å²) in [5.41, 5.74) is 0.172. The van der Waals surface area contributed by atoms with Gasteiger partial charge in [0, 0.05) is 11.6 Å². The van der Waals surface area contributed by atoms with Gasteiger partial charge in [-0.05, 0) is 25.8 Å². The lowest BCUT2D eigenvalue weighted by Gasteiger charge is -2.38. The lowest BCUT2D eigenvalue weighted by atomic mass is 9.77. The van der Waals surface area contributed by atoms with Gasteiger partial charge < -0.3 is 5.32 Å². The van der Waals surface area contributed by atoms with Crippen LogP contribution in [0.25, 0.3) is 0 Å². The highest BCUT2D eigenvalue weighted by atomic mass is 32.1. The van der Waals surface area contributed by atoms with Crippen LogP contribution in [0.4, 0.5) is 0 Å².